The van der Waals surface area contributed by atoms with Crippen LogP contribution in [0.2, 0.25) is 0 Å². The first-order chi connectivity index (χ1) is 17.7. The number of aliphatic hydroxyl groups excluding tert-OH is 1. The molecule has 9 nitrogen and oxygen atoms in total. The Morgan fingerprint density at radius 2 is 1.95 bits per heavy atom. The van der Waals surface area contributed by atoms with Crippen LogP contribution in [0.25, 0.3) is 11.1 Å². The number of aromatic nitrogens is 3. The van der Waals surface area contributed by atoms with Crippen molar-refractivity contribution in [2.45, 2.75) is 37.0 Å². The van der Waals surface area contributed by atoms with Gasteiger partial charge >= 0.3 is 5.57 Å². The van der Waals surface area contributed by atoms with Crippen molar-refractivity contribution < 1.29 is 23.4 Å². The molecule has 196 valence electrons. The molecule has 1 aromatic carbocycles. The maximum atomic E-state index is 13.0. The van der Waals surface area contributed by atoms with Crippen molar-refractivity contribution in [3.63, 3.8) is 0 Å². The predicted octanol–water partition coefficient (Wildman–Crippen LogP) is 3.86. The van der Waals surface area contributed by atoms with Crippen molar-refractivity contribution >= 4 is 29.0 Å². The van der Waals surface area contributed by atoms with Gasteiger partial charge in [-0.3, -0.25) is 9.48 Å². The number of aliphatic hydroxyl groups is 1. The van der Waals surface area contributed by atoms with E-state index in [1.54, 1.807) is 12.3 Å². The summed E-state index contributed by atoms with van der Waals surface area (Å²) in [6.45, 7) is 3.00. The Morgan fingerprint density at radius 3 is 2.62 bits per heavy atom. The van der Waals surface area contributed by atoms with Gasteiger partial charge in [0.25, 0.3) is 5.91 Å². The second-order valence-electron chi connectivity index (χ2n) is 9.20. The Bertz CT molecular complexity index is 1240. The van der Waals surface area contributed by atoms with Gasteiger partial charge in [0.1, 0.15) is 11.6 Å². The van der Waals surface area contributed by atoms with E-state index in [0.29, 0.717) is 42.6 Å². The summed E-state index contributed by atoms with van der Waals surface area (Å²) in [5.74, 6) is 0.134. The van der Waals surface area contributed by atoms with Crippen LogP contribution in [0.5, 0.6) is 5.75 Å². The van der Waals surface area contributed by atoms with Gasteiger partial charge in [-0.2, -0.15) is 5.10 Å². The number of benzene rings is 1. The molecule has 2 aromatic heterocycles. The Kier molecular flexibility index (Phi) is 7.27. The summed E-state index contributed by atoms with van der Waals surface area (Å²) in [6, 6.07) is 7.51. The van der Waals surface area contributed by atoms with Crippen molar-refractivity contribution in [1.29, 1.82) is 0 Å². The Morgan fingerprint density at radius 1 is 1.19 bits per heavy atom. The SMILES string of the molecule is O=C(Nc1ccc(OC(F)(F)Cl)cc1)c1cnc(N2CC[C@@H](O)C2)c(-c2cnn(C3CCNCC3)c2)c1. The number of anilines is 2. The fraction of sp³-hybridized carbons (Fsp3) is 0.400. The van der Waals surface area contributed by atoms with Crippen LogP contribution < -0.4 is 20.3 Å². The molecule has 0 saturated carbocycles. The highest BCUT2D eigenvalue weighted by Crippen LogP contribution is 2.33. The van der Waals surface area contributed by atoms with Gasteiger partial charge in [-0.05, 0) is 62.7 Å². The molecule has 2 aliphatic rings. The molecule has 1 amide bonds. The number of carbonyl (C=O) groups excluding carboxylic acids is 1. The van der Waals surface area contributed by atoms with E-state index in [2.05, 4.69) is 25.5 Å². The molecule has 2 aliphatic heterocycles. The van der Waals surface area contributed by atoms with Crippen LogP contribution in [0.3, 0.4) is 0 Å². The predicted molar refractivity (Wildman–Crippen MR) is 135 cm³/mol. The maximum Gasteiger partial charge on any atom is 0.487 e. The summed E-state index contributed by atoms with van der Waals surface area (Å²) >= 11 is 4.79. The van der Waals surface area contributed by atoms with Crippen molar-refractivity contribution in [3.8, 4) is 16.9 Å². The lowest BCUT2D eigenvalue weighted by Crippen LogP contribution is -2.29. The van der Waals surface area contributed by atoms with Gasteiger partial charge in [-0.1, -0.05) is 0 Å². The number of carbonyl (C=O) groups is 1. The standard InChI is InChI=1S/C25H27ClF2N6O3/c26-25(27,28)37-21-3-1-18(2-4-21)32-24(36)16-11-22(23(30-12-16)33-10-7-20(35)15-33)17-13-31-34(14-17)19-5-8-29-9-6-19/h1-4,11-14,19-20,29,35H,5-10,15H2,(H,32,36)/t20-/m1/s1. The second-order valence-corrected chi connectivity index (χ2v) is 9.64. The van der Waals surface area contributed by atoms with E-state index >= 15 is 0 Å². The second kappa shape index (κ2) is 10.6. The zero-order valence-electron chi connectivity index (χ0n) is 19.9. The zero-order valence-corrected chi connectivity index (χ0v) is 20.7. The van der Waals surface area contributed by atoms with Crippen LogP contribution in [-0.2, 0) is 0 Å². The number of rotatable bonds is 7. The monoisotopic (exact) mass is 532 g/mol. The van der Waals surface area contributed by atoms with Crippen LogP contribution in [0.15, 0.2) is 48.9 Å². The number of hydrogen-bond acceptors (Lipinski definition) is 7. The molecule has 0 spiro atoms. The molecule has 3 N–H and O–H groups in total. The third-order valence-corrected chi connectivity index (χ3v) is 6.61. The minimum absolute atomic E-state index is 0.134. The average molecular weight is 533 g/mol. The topological polar surface area (TPSA) is 105 Å². The van der Waals surface area contributed by atoms with Crippen LogP contribution in [-0.4, -0.2) is 63.6 Å². The first-order valence-electron chi connectivity index (χ1n) is 12.1. The minimum atomic E-state index is -3.82. The lowest BCUT2D eigenvalue weighted by Gasteiger charge is -2.23. The smallest absolute Gasteiger partial charge is 0.420 e. The third kappa shape index (κ3) is 6.17. The van der Waals surface area contributed by atoms with Crippen molar-refractivity contribution in [2.75, 3.05) is 36.4 Å². The number of amides is 1. The molecule has 0 aliphatic carbocycles. The lowest BCUT2D eigenvalue weighted by molar-refractivity contribution is -0.0964. The number of piperidine rings is 1. The molecule has 0 radical (unpaired) electrons. The first kappa shape index (κ1) is 25.4. The van der Waals surface area contributed by atoms with Gasteiger partial charge in [-0.15, -0.1) is 8.78 Å². The largest absolute Gasteiger partial charge is 0.487 e. The number of nitrogens with one attached hydrogen (secondary N) is 2. The van der Waals surface area contributed by atoms with Gasteiger partial charge in [0.2, 0.25) is 0 Å². The van der Waals surface area contributed by atoms with Crippen LogP contribution >= 0.6 is 11.6 Å². The highest BCUT2D eigenvalue weighted by molar-refractivity contribution is 6.20. The van der Waals surface area contributed by atoms with Crippen molar-refractivity contribution in [2.24, 2.45) is 0 Å². The fourth-order valence-corrected chi connectivity index (χ4v) is 4.76. The summed E-state index contributed by atoms with van der Waals surface area (Å²) in [5.41, 5.74) is -1.53. The molecule has 2 fully saturated rings. The fourth-order valence-electron chi connectivity index (χ4n) is 4.67. The highest BCUT2D eigenvalue weighted by atomic mass is 35.5. The van der Waals surface area contributed by atoms with E-state index in [-0.39, 0.29) is 5.75 Å². The quantitative estimate of drug-likeness (QED) is 0.397. The van der Waals surface area contributed by atoms with E-state index in [1.165, 1.54) is 30.5 Å². The summed E-state index contributed by atoms with van der Waals surface area (Å²) in [7, 11) is 0. The van der Waals surface area contributed by atoms with E-state index in [1.807, 2.05) is 15.8 Å². The molecule has 1 atom stereocenters. The number of pyridine rings is 1. The molecule has 5 rings (SSSR count). The number of nitrogens with zero attached hydrogens (tertiary/aromatic N) is 4. The van der Waals surface area contributed by atoms with E-state index < -0.39 is 17.6 Å². The van der Waals surface area contributed by atoms with Crippen LogP contribution in [0.4, 0.5) is 20.3 Å². The molecule has 0 unspecified atom stereocenters. The summed E-state index contributed by atoms with van der Waals surface area (Å²) in [4.78, 5) is 19.7. The maximum absolute atomic E-state index is 13.0. The van der Waals surface area contributed by atoms with Crippen molar-refractivity contribution in [1.82, 2.24) is 20.1 Å². The molecular weight excluding hydrogens is 506 g/mol. The molecule has 4 heterocycles. The van der Waals surface area contributed by atoms with Crippen molar-refractivity contribution in [3.05, 3.63) is 54.5 Å². The van der Waals surface area contributed by atoms with E-state index in [0.717, 1.165) is 37.1 Å². The molecule has 37 heavy (non-hydrogen) atoms. The summed E-state index contributed by atoms with van der Waals surface area (Å²) < 4.78 is 31.9. The zero-order chi connectivity index (χ0) is 26.0. The lowest BCUT2D eigenvalue weighted by atomic mass is 10.1. The van der Waals surface area contributed by atoms with Gasteiger partial charge < -0.3 is 25.4 Å². The normalized spacial score (nSPS) is 18.7. The van der Waals surface area contributed by atoms with Crippen LogP contribution in [0.1, 0.15) is 35.7 Å². The number of halogens is 3. The Balaban J connectivity index is 1.39. The molecular formula is C25H27ClF2N6O3. The van der Waals surface area contributed by atoms with Gasteiger partial charge in [0, 0.05) is 53.9 Å². The van der Waals surface area contributed by atoms with Gasteiger partial charge in [0.05, 0.1) is 23.9 Å². The van der Waals surface area contributed by atoms with Crippen LogP contribution in [0, 0.1) is 0 Å². The molecule has 3 aromatic rings. The summed E-state index contributed by atoms with van der Waals surface area (Å²) in [5, 5.41) is 20.8. The minimum Gasteiger partial charge on any atom is -0.420 e. The Hall–Kier alpha value is -3.28. The number of hydrogen-bond donors (Lipinski definition) is 3. The van der Waals surface area contributed by atoms with E-state index in [9.17, 15) is 18.7 Å². The molecule has 12 heteroatoms. The number of β-amino-alcohol motifs (C(OH)–C–C–N with tert-alkyl or cyclic N) is 1. The highest BCUT2D eigenvalue weighted by Gasteiger charge is 2.28. The van der Waals surface area contributed by atoms with Gasteiger partial charge in [-0.25, -0.2) is 4.98 Å². The number of alkyl halides is 3. The van der Waals surface area contributed by atoms with Gasteiger partial charge in [0.15, 0.2) is 0 Å². The number of ether oxygens (including phenoxy) is 1. The molecule has 0 bridgehead atoms. The average Bonchev–Trinajstić information content (AvgIpc) is 3.54. The summed E-state index contributed by atoms with van der Waals surface area (Å²) in [6.07, 6.45) is 7.44. The van der Waals surface area contributed by atoms with E-state index in [4.69, 9.17) is 11.6 Å². The Labute approximate surface area is 217 Å². The first-order valence-corrected chi connectivity index (χ1v) is 12.5. The molecule has 2 saturated heterocycles. The third-order valence-electron chi connectivity index (χ3n) is 6.53.